The third kappa shape index (κ3) is 1.74. The van der Waals surface area contributed by atoms with Crippen molar-refractivity contribution in [2.45, 2.75) is 17.2 Å². The molecule has 0 saturated carbocycles. The Hall–Kier alpha value is -0.0900. The Balaban J connectivity index is 2.55. The van der Waals surface area contributed by atoms with Crippen LogP contribution >= 0.6 is 27.7 Å². The Bertz CT molecular complexity index is 338. The number of hydrogen-bond donors (Lipinski definition) is 0. The zero-order valence-corrected chi connectivity index (χ0v) is 9.09. The standard InChI is InChI=1S/C9H7BrF2S/c10-6-1-2-8-7(5-6)9(11,12)3-4-13-8/h1-2,5H,3-4H2. The first-order chi connectivity index (χ1) is 6.09. The summed E-state index contributed by atoms with van der Waals surface area (Å²) in [6.07, 6.45) is -0.0544. The van der Waals surface area contributed by atoms with Crippen LogP contribution in [0.15, 0.2) is 27.6 Å². The van der Waals surface area contributed by atoms with Crippen LogP contribution < -0.4 is 0 Å². The molecule has 0 unspecified atom stereocenters. The van der Waals surface area contributed by atoms with E-state index in [0.717, 1.165) is 0 Å². The van der Waals surface area contributed by atoms with Crippen LogP contribution in [0.2, 0.25) is 0 Å². The van der Waals surface area contributed by atoms with E-state index < -0.39 is 5.92 Å². The molecule has 0 bridgehead atoms. The van der Waals surface area contributed by atoms with Crippen LogP contribution in [0.5, 0.6) is 0 Å². The molecule has 0 fully saturated rings. The second-order valence-corrected chi connectivity index (χ2v) is 5.00. The van der Waals surface area contributed by atoms with Gasteiger partial charge in [0.2, 0.25) is 0 Å². The maximum atomic E-state index is 13.3. The summed E-state index contributed by atoms with van der Waals surface area (Å²) in [6.45, 7) is 0. The topological polar surface area (TPSA) is 0 Å². The van der Waals surface area contributed by atoms with Crippen molar-refractivity contribution < 1.29 is 8.78 Å². The van der Waals surface area contributed by atoms with Crippen molar-refractivity contribution in [3.8, 4) is 0 Å². The molecule has 1 aromatic rings. The number of rotatable bonds is 0. The fourth-order valence-electron chi connectivity index (χ4n) is 1.34. The molecule has 0 spiro atoms. The fourth-order valence-corrected chi connectivity index (χ4v) is 2.81. The summed E-state index contributed by atoms with van der Waals surface area (Å²) in [7, 11) is 0. The molecule has 0 aromatic heterocycles. The molecule has 0 N–H and O–H groups in total. The van der Waals surface area contributed by atoms with Gasteiger partial charge in [0.25, 0.3) is 5.92 Å². The van der Waals surface area contributed by atoms with Gasteiger partial charge in [-0.25, -0.2) is 8.78 Å². The molecule has 1 aliphatic rings. The van der Waals surface area contributed by atoms with Gasteiger partial charge in [0.15, 0.2) is 0 Å². The van der Waals surface area contributed by atoms with E-state index in [-0.39, 0.29) is 12.0 Å². The second-order valence-electron chi connectivity index (χ2n) is 2.94. The minimum atomic E-state index is -2.65. The van der Waals surface area contributed by atoms with Crippen LogP contribution in [0, 0.1) is 0 Å². The number of thioether (sulfide) groups is 1. The Morgan fingerprint density at radius 2 is 2.15 bits per heavy atom. The molecule has 0 amide bonds. The van der Waals surface area contributed by atoms with Crippen LogP contribution in [0.25, 0.3) is 0 Å². The lowest BCUT2D eigenvalue weighted by Gasteiger charge is -2.24. The van der Waals surface area contributed by atoms with Gasteiger partial charge in [0.05, 0.1) is 0 Å². The molecule has 0 radical (unpaired) electrons. The average Bonchev–Trinajstić information content (AvgIpc) is 2.06. The van der Waals surface area contributed by atoms with E-state index >= 15 is 0 Å². The first kappa shape index (κ1) is 9.46. The van der Waals surface area contributed by atoms with Crippen molar-refractivity contribution >= 4 is 27.7 Å². The van der Waals surface area contributed by atoms with E-state index in [0.29, 0.717) is 15.1 Å². The van der Waals surface area contributed by atoms with Crippen molar-refractivity contribution in [1.82, 2.24) is 0 Å². The predicted molar refractivity (Wildman–Crippen MR) is 53.4 cm³/mol. The Kier molecular flexibility index (Phi) is 2.36. The zero-order chi connectivity index (χ0) is 9.47. The number of alkyl halides is 2. The molecular weight excluding hydrogens is 258 g/mol. The van der Waals surface area contributed by atoms with Crippen LogP contribution in [0.3, 0.4) is 0 Å². The summed E-state index contributed by atoms with van der Waals surface area (Å²) in [4.78, 5) is 0.708. The van der Waals surface area contributed by atoms with E-state index in [1.165, 1.54) is 17.8 Å². The number of hydrogen-bond acceptors (Lipinski definition) is 1. The molecule has 0 atom stereocenters. The highest BCUT2D eigenvalue weighted by Crippen LogP contribution is 2.44. The zero-order valence-electron chi connectivity index (χ0n) is 6.69. The monoisotopic (exact) mass is 264 g/mol. The lowest BCUT2D eigenvalue weighted by atomic mass is 10.1. The molecule has 4 heteroatoms. The normalized spacial score (nSPS) is 19.6. The molecule has 2 rings (SSSR count). The SMILES string of the molecule is FC1(F)CCSc2ccc(Br)cc21. The first-order valence-corrected chi connectivity index (χ1v) is 5.68. The van der Waals surface area contributed by atoms with Crippen LogP contribution in [-0.2, 0) is 5.92 Å². The van der Waals surface area contributed by atoms with Crippen molar-refractivity contribution in [2.24, 2.45) is 0 Å². The van der Waals surface area contributed by atoms with Gasteiger partial charge in [-0.3, -0.25) is 0 Å². The van der Waals surface area contributed by atoms with Crippen LogP contribution in [0.1, 0.15) is 12.0 Å². The lowest BCUT2D eigenvalue weighted by Crippen LogP contribution is -2.19. The van der Waals surface area contributed by atoms with Crippen molar-refractivity contribution in [2.75, 3.05) is 5.75 Å². The lowest BCUT2D eigenvalue weighted by molar-refractivity contribution is -0.0116. The van der Waals surface area contributed by atoms with Crippen molar-refractivity contribution in [3.05, 3.63) is 28.2 Å². The smallest absolute Gasteiger partial charge is 0.201 e. The van der Waals surface area contributed by atoms with Crippen LogP contribution in [-0.4, -0.2) is 5.75 Å². The maximum Gasteiger partial charge on any atom is 0.275 e. The molecule has 1 aliphatic heterocycles. The summed E-state index contributed by atoms with van der Waals surface area (Å²) < 4.78 is 27.4. The number of halogens is 3. The van der Waals surface area contributed by atoms with Crippen LogP contribution in [0.4, 0.5) is 8.78 Å². The summed E-state index contributed by atoms with van der Waals surface area (Å²) >= 11 is 4.70. The molecule has 0 saturated heterocycles. The van der Waals surface area contributed by atoms with Crippen molar-refractivity contribution in [3.63, 3.8) is 0 Å². The minimum Gasteiger partial charge on any atom is -0.201 e. The number of benzene rings is 1. The summed E-state index contributed by atoms with van der Waals surface area (Å²) in [5.74, 6) is -2.15. The van der Waals surface area contributed by atoms with Gasteiger partial charge in [0.1, 0.15) is 0 Å². The summed E-state index contributed by atoms with van der Waals surface area (Å²) in [5.41, 5.74) is 0.165. The Labute approximate surface area is 87.8 Å². The molecule has 1 aromatic carbocycles. The maximum absolute atomic E-state index is 13.3. The molecular formula is C9H7BrF2S. The van der Waals surface area contributed by atoms with Gasteiger partial charge in [-0.1, -0.05) is 15.9 Å². The third-order valence-electron chi connectivity index (χ3n) is 2.01. The predicted octanol–water partition coefficient (Wildman–Crippen LogP) is 4.04. The Morgan fingerprint density at radius 3 is 2.92 bits per heavy atom. The molecule has 0 nitrogen and oxygen atoms in total. The summed E-state index contributed by atoms with van der Waals surface area (Å²) in [6, 6.07) is 5.06. The fraction of sp³-hybridized carbons (Fsp3) is 0.333. The van der Waals surface area contributed by atoms with Gasteiger partial charge >= 0.3 is 0 Å². The first-order valence-electron chi connectivity index (χ1n) is 3.90. The van der Waals surface area contributed by atoms with Gasteiger partial charge < -0.3 is 0 Å². The Morgan fingerprint density at radius 1 is 1.38 bits per heavy atom. The molecule has 13 heavy (non-hydrogen) atoms. The quantitative estimate of drug-likeness (QED) is 0.682. The van der Waals surface area contributed by atoms with E-state index in [4.69, 9.17) is 0 Å². The van der Waals surface area contributed by atoms with E-state index in [2.05, 4.69) is 15.9 Å². The third-order valence-corrected chi connectivity index (χ3v) is 3.58. The van der Waals surface area contributed by atoms with Gasteiger partial charge in [-0.2, -0.15) is 0 Å². The van der Waals surface area contributed by atoms with Gasteiger partial charge in [-0.05, 0) is 18.2 Å². The molecule has 0 aliphatic carbocycles. The second kappa shape index (κ2) is 3.24. The highest BCUT2D eigenvalue weighted by atomic mass is 79.9. The van der Waals surface area contributed by atoms with E-state index in [1.807, 2.05) is 0 Å². The highest BCUT2D eigenvalue weighted by molar-refractivity contribution is 9.10. The van der Waals surface area contributed by atoms with Crippen molar-refractivity contribution in [1.29, 1.82) is 0 Å². The minimum absolute atomic E-state index is 0.0544. The highest BCUT2D eigenvalue weighted by Gasteiger charge is 2.36. The van der Waals surface area contributed by atoms with E-state index in [9.17, 15) is 8.78 Å². The van der Waals surface area contributed by atoms with E-state index in [1.54, 1.807) is 12.1 Å². The van der Waals surface area contributed by atoms with Gasteiger partial charge in [-0.15, -0.1) is 11.8 Å². The number of fused-ring (bicyclic) bond motifs is 1. The largest absolute Gasteiger partial charge is 0.275 e. The molecule has 70 valence electrons. The average molecular weight is 265 g/mol. The summed E-state index contributed by atoms with van der Waals surface area (Å²) in [5, 5.41) is 0. The van der Waals surface area contributed by atoms with Gasteiger partial charge in [0, 0.05) is 27.1 Å². The molecule has 1 heterocycles.